The first-order chi connectivity index (χ1) is 10.3. The molecule has 22 heavy (non-hydrogen) atoms. The number of nitrogens with zero attached hydrogens (tertiary/aromatic N) is 1. The number of benzene rings is 1. The summed E-state index contributed by atoms with van der Waals surface area (Å²) in [5.74, 6) is 0. The molecule has 2 atom stereocenters. The number of ether oxygens (including phenoxy) is 1. The fourth-order valence-corrected chi connectivity index (χ4v) is 3.02. The smallest absolute Gasteiger partial charge is 0.0678 e. The van der Waals surface area contributed by atoms with Gasteiger partial charge in [0.25, 0.3) is 0 Å². The molecule has 1 heterocycles. The fourth-order valence-electron chi connectivity index (χ4n) is 3.02. The maximum Gasteiger partial charge on any atom is 0.0678 e. The molecule has 0 radical (unpaired) electrons. The molecule has 0 aromatic heterocycles. The molecule has 1 aromatic rings. The van der Waals surface area contributed by atoms with Gasteiger partial charge in [0.05, 0.1) is 12.2 Å². The third-order valence-electron chi connectivity index (χ3n) is 4.20. The predicted octanol–water partition coefficient (Wildman–Crippen LogP) is 4.19. The van der Waals surface area contributed by atoms with E-state index in [-0.39, 0.29) is 5.41 Å². The monoisotopic (exact) mass is 301 g/mol. The van der Waals surface area contributed by atoms with Crippen molar-refractivity contribution in [2.75, 3.05) is 19.6 Å². The summed E-state index contributed by atoms with van der Waals surface area (Å²) in [7, 11) is 0. The second-order valence-corrected chi connectivity index (χ2v) is 7.60. The predicted molar refractivity (Wildman–Crippen MR) is 94.4 cm³/mol. The van der Waals surface area contributed by atoms with Gasteiger partial charge in [-0.25, -0.2) is 0 Å². The molecule has 0 N–H and O–H groups in total. The van der Waals surface area contributed by atoms with Gasteiger partial charge in [-0.3, -0.25) is 4.90 Å². The fraction of sp³-hybridized carbons (Fsp3) is 0.600. The molecular weight excluding hydrogens is 270 g/mol. The largest absolute Gasteiger partial charge is 0.373 e. The summed E-state index contributed by atoms with van der Waals surface area (Å²) in [6.45, 7) is 14.2. The number of morpholine rings is 1. The van der Waals surface area contributed by atoms with Gasteiger partial charge < -0.3 is 4.74 Å². The SMILES string of the molecule is CC1CN(C/C=C\Cc2ccc(C(C)(C)C)cc2)CC(C)O1. The van der Waals surface area contributed by atoms with Crippen molar-refractivity contribution in [3.63, 3.8) is 0 Å². The summed E-state index contributed by atoms with van der Waals surface area (Å²) >= 11 is 0. The molecule has 1 fully saturated rings. The van der Waals surface area contributed by atoms with E-state index in [1.54, 1.807) is 0 Å². The Balaban J connectivity index is 1.80. The lowest BCUT2D eigenvalue weighted by Gasteiger charge is -2.34. The number of hydrogen-bond donors (Lipinski definition) is 0. The van der Waals surface area contributed by atoms with E-state index >= 15 is 0 Å². The Bertz CT molecular complexity index is 473. The maximum atomic E-state index is 5.76. The molecule has 0 aliphatic carbocycles. The molecule has 122 valence electrons. The van der Waals surface area contributed by atoms with Gasteiger partial charge in [-0.1, -0.05) is 57.2 Å². The lowest BCUT2D eigenvalue weighted by Crippen LogP contribution is -2.45. The van der Waals surface area contributed by atoms with E-state index in [1.165, 1.54) is 11.1 Å². The topological polar surface area (TPSA) is 12.5 Å². The van der Waals surface area contributed by atoms with E-state index in [0.29, 0.717) is 12.2 Å². The Morgan fingerprint density at radius 1 is 1.05 bits per heavy atom. The zero-order valence-corrected chi connectivity index (χ0v) is 14.8. The van der Waals surface area contributed by atoms with Crippen LogP contribution >= 0.6 is 0 Å². The molecule has 2 heteroatoms. The lowest BCUT2D eigenvalue weighted by atomic mass is 9.86. The molecule has 1 aliphatic rings. The summed E-state index contributed by atoms with van der Waals surface area (Å²) in [6.07, 6.45) is 6.29. The summed E-state index contributed by atoms with van der Waals surface area (Å²) in [6, 6.07) is 9.02. The van der Waals surface area contributed by atoms with Crippen LogP contribution in [0.25, 0.3) is 0 Å². The highest BCUT2D eigenvalue weighted by Crippen LogP contribution is 2.22. The number of allylic oxidation sites excluding steroid dienone is 1. The highest BCUT2D eigenvalue weighted by atomic mass is 16.5. The van der Waals surface area contributed by atoms with Crippen LogP contribution < -0.4 is 0 Å². The lowest BCUT2D eigenvalue weighted by molar-refractivity contribution is -0.0646. The van der Waals surface area contributed by atoms with Crippen LogP contribution in [0.2, 0.25) is 0 Å². The third-order valence-corrected chi connectivity index (χ3v) is 4.20. The Kier molecular flexibility index (Phi) is 5.82. The van der Waals surface area contributed by atoms with Crippen molar-refractivity contribution in [1.29, 1.82) is 0 Å². The zero-order chi connectivity index (χ0) is 16.2. The summed E-state index contributed by atoms with van der Waals surface area (Å²) in [4.78, 5) is 2.47. The Labute approximate surface area is 136 Å². The van der Waals surface area contributed by atoms with Gasteiger partial charge in [0.1, 0.15) is 0 Å². The molecule has 1 saturated heterocycles. The molecule has 1 aliphatic heterocycles. The first kappa shape index (κ1) is 17.2. The average Bonchev–Trinajstić information content (AvgIpc) is 2.42. The van der Waals surface area contributed by atoms with E-state index in [4.69, 9.17) is 4.74 Å². The van der Waals surface area contributed by atoms with Crippen LogP contribution in [-0.4, -0.2) is 36.7 Å². The van der Waals surface area contributed by atoms with Crippen LogP contribution in [0.1, 0.15) is 45.7 Å². The molecule has 2 nitrogen and oxygen atoms in total. The van der Waals surface area contributed by atoms with Crippen molar-refractivity contribution in [2.45, 2.75) is 58.7 Å². The minimum absolute atomic E-state index is 0.234. The molecule has 2 unspecified atom stereocenters. The normalized spacial score (nSPS) is 24.0. The minimum Gasteiger partial charge on any atom is -0.373 e. The van der Waals surface area contributed by atoms with E-state index < -0.39 is 0 Å². The minimum atomic E-state index is 0.234. The second kappa shape index (κ2) is 7.43. The maximum absolute atomic E-state index is 5.76. The Morgan fingerprint density at radius 3 is 2.18 bits per heavy atom. The molecule has 0 amide bonds. The Hall–Kier alpha value is -1.12. The van der Waals surface area contributed by atoms with Crippen LogP contribution in [0.15, 0.2) is 36.4 Å². The standard InChI is InChI=1S/C20H31NO/c1-16-14-21(15-17(2)22-16)13-7-6-8-18-9-11-19(12-10-18)20(3,4)5/h6-7,9-12,16-17H,8,13-15H2,1-5H3/b7-6-. The molecule has 0 bridgehead atoms. The molecule has 0 saturated carbocycles. The van der Waals surface area contributed by atoms with Gasteiger partial charge >= 0.3 is 0 Å². The van der Waals surface area contributed by atoms with Crippen molar-refractivity contribution in [3.8, 4) is 0 Å². The van der Waals surface area contributed by atoms with Crippen molar-refractivity contribution >= 4 is 0 Å². The first-order valence-corrected chi connectivity index (χ1v) is 8.47. The van der Waals surface area contributed by atoms with Crippen LogP contribution in [0, 0.1) is 0 Å². The van der Waals surface area contributed by atoms with Crippen LogP contribution in [-0.2, 0) is 16.6 Å². The van der Waals surface area contributed by atoms with Gasteiger partial charge in [-0.15, -0.1) is 0 Å². The second-order valence-electron chi connectivity index (χ2n) is 7.60. The molecule has 1 aromatic carbocycles. The summed E-state index contributed by atoms with van der Waals surface area (Å²) < 4.78 is 5.76. The van der Waals surface area contributed by atoms with Crippen molar-refractivity contribution in [3.05, 3.63) is 47.5 Å². The third kappa shape index (κ3) is 5.26. The quantitative estimate of drug-likeness (QED) is 0.773. The van der Waals surface area contributed by atoms with E-state index in [2.05, 4.69) is 75.9 Å². The first-order valence-electron chi connectivity index (χ1n) is 8.47. The highest BCUT2D eigenvalue weighted by molar-refractivity contribution is 5.28. The summed E-state index contributed by atoms with van der Waals surface area (Å²) in [5, 5.41) is 0. The van der Waals surface area contributed by atoms with E-state index in [9.17, 15) is 0 Å². The van der Waals surface area contributed by atoms with Crippen LogP contribution in [0.3, 0.4) is 0 Å². The van der Waals surface area contributed by atoms with Gasteiger partial charge in [-0.05, 0) is 36.8 Å². The molecule has 2 rings (SSSR count). The average molecular weight is 301 g/mol. The van der Waals surface area contributed by atoms with Gasteiger partial charge in [0.2, 0.25) is 0 Å². The molecular formula is C20H31NO. The van der Waals surface area contributed by atoms with Crippen molar-refractivity contribution < 1.29 is 4.74 Å². The molecule has 0 spiro atoms. The van der Waals surface area contributed by atoms with Gasteiger partial charge in [0, 0.05) is 19.6 Å². The van der Waals surface area contributed by atoms with Crippen LogP contribution in [0.5, 0.6) is 0 Å². The highest BCUT2D eigenvalue weighted by Gasteiger charge is 2.20. The number of rotatable bonds is 4. The summed E-state index contributed by atoms with van der Waals surface area (Å²) in [5.41, 5.74) is 3.02. The number of hydrogen-bond acceptors (Lipinski definition) is 2. The van der Waals surface area contributed by atoms with Crippen LogP contribution in [0.4, 0.5) is 0 Å². The van der Waals surface area contributed by atoms with E-state index in [1.807, 2.05) is 0 Å². The van der Waals surface area contributed by atoms with Crippen molar-refractivity contribution in [2.24, 2.45) is 0 Å². The van der Waals surface area contributed by atoms with Gasteiger partial charge in [0.15, 0.2) is 0 Å². The Morgan fingerprint density at radius 2 is 1.64 bits per heavy atom. The van der Waals surface area contributed by atoms with Crippen molar-refractivity contribution in [1.82, 2.24) is 4.90 Å². The van der Waals surface area contributed by atoms with E-state index in [0.717, 1.165) is 26.1 Å². The van der Waals surface area contributed by atoms with Gasteiger partial charge in [-0.2, -0.15) is 0 Å². The zero-order valence-electron chi connectivity index (χ0n) is 14.8.